The van der Waals surface area contributed by atoms with Crippen LogP contribution in [-0.2, 0) is 0 Å². The van der Waals surface area contributed by atoms with Gasteiger partial charge in [-0.2, -0.15) is 0 Å². The summed E-state index contributed by atoms with van der Waals surface area (Å²) < 4.78 is 22.1. The lowest BCUT2D eigenvalue weighted by Gasteiger charge is -2.09. The molecule has 0 saturated carbocycles. The van der Waals surface area contributed by atoms with Gasteiger partial charge >= 0.3 is 0 Å². The third kappa shape index (κ3) is 5.18. The van der Waals surface area contributed by atoms with Crippen LogP contribution >= 0.6 is 0 Å². The third-order valence-electron chi connectivity index (χ3n) is 12.7. The maximum atomic E-state index is 6.70. The molecule has 0 saturated heterocycles. The molecule has 5 aromatic heterocycles. The molecule has 0 atom stereocenters. The smallest absolute Gasteiger partial charge is 0.167 e. The van der Waals surface area contributed by atoms with Crippen molar-refractivity contribution in [2.45, 2.75) is 0 Å². The number of aromatic nitrogens is 4. The largest absolute Gasteiger partial charge is 0.456 e. The van der Waals surface area contributed by atoms with E-state index in [2.05, 4.69) is 120 Å². The van der Waals surface area contributed by atoms with Crippen molar-refractivity contribution < 1.29 is 13.3 Å². The molecule has 0 unspecified atom stereocenters. The maximum absolute atomic E-state index is 6.70. The van der Waals surface area contributed by atoms with Gasteiger partial charge in [-0.3, -0.25) is 0 Å². The molecule has 0 spiro atoms. The van der Waals surface area contributed by atoms with Crippen molar-refractivity contribution in [3.05, 3.63) is 194 Å². The second kappa shape index (κ2) is 13.3. The molecule has 0 radical (unpaired) electrons. The Morgan fingerprint density at radius 3 is 1.58 bits per heavy atom. The van der Waals surface area contributed by atoms with Gasteiger partial charge in [-0.25, -0.2) is 15.0 Å². The molecule has 14 aromatic rings. The fourth-order valence-electron chi connectivity index (χ4n) is 9.66. The number of furan rings is 3. The van der Waals surface area contributed by atoms with Crippen LogP contribution in [0, 0.1) is 0 Å². The van der Waals surface area contributed by atoms with E-state index in [0.717, 1.165) is 121 Å². The monoisotopic (exact) mass is 820 g/mol. The van der Waals surface area contributed by atoms with Crippen molar-refractivity contribution in [2.75, 3.05) is 0 Å². The summed E-state index contributed by atoms with van der Waals surface area (Å²) >= 11 is 0. The van der Waals surface area contributed by atoms with Crippen LogP contribution in [0.3, 0.4) is 0 Å². The highest BCUT2D eigenvalue weighted by atomic mass is 16.3. The maximum Gasteiger partial charge on any atom is 0.167 e. The van der Waals surface area contributed by atoms with Gasteiger partial charge in [0.05, 0.1) is 16.6 Å². The Bertz CT molecular complexity index is 4200. The molecule has 7 nitrogen and oxygen atoms in total. The first-order valence-electron chi connectivity index (χ1n) is 21.3. The molecule has 0 aliphatic carbocycles. The molecule has 64 heavy (non-hydrogen) atoms. The highest BCUT2D eigenvalue weighted by Gasteiger charge is 2.21. The van der Waals surface area contributed by atoms with E-state index < -0.39 is 0 Å². The Labute approximate surface area is 364 Å². The van der Waals surface area contributed by atoms with E-state index in [1.807, 2.05) is 78.9 Å². The molecule has 298 valence electrons. The molecule has 0 aliphatic heterocycles. The van der Waals surface area contributed by atoms with E-state index in [4.69, 9.17) is 28.2 Å². The highest BCUT2D eigenvalue weighted by Crippen LogP contribution is 2.43. The van der Waals surface area contributed by atoms with Crippen LogP contribution < -0.4 is 0 Å². The van der Waals surface area contributed by atoms with Crippen LogP contribution in [0.15, 0.2) is 207 Å². The summed E-state index contributed by atoms with van der Waals surface area (Å²) in [4.78, 5) is 15.2. The molecule has 0 amide bonds. The van der Waals surface area contributed by atoms with Crippen molar-refractivity contribution in [2.24, 2.45) is 0 Å². The zero-order chi connectivity index (χ0) is 41.9. The quantitative estimate of drug-likeness (QED) is 0.172. The van der Waals surface area contributed by atoms with Crippen molar-refractivity contribution >= 4 is 87.6 Å². The van der Waals surface area contributed by atoms with Crippen LogP contribution in [0.1, 0.15) is 0 Å². The molecule has 0 N–H and O–H groups in total. The number of hydrogen-bond donors (Lipinski definition) is 0. The summed E-state index contributed by atoms with van der Waals surface area (Å²) in [6, 6.07) is 66.8. The first kappa shape index (κ1) is 34.9. The van der Waals surface area contributed by atoms with Crippen LogP contribution in [0.2, 0.25) is 0 Å². The van der Waals surface area contributed by atoms with E-state index in [9.17, 15) is 0 Å². The minimum absolute atomic E-state index is 0.535. The van der Waals surface area contributed by atoms with E-state index in [1.54, 1.807) is 0 Å². The summed E-state index contributed by atoms with van der Waals surface area (Å²) in [7, 11) is 0. The van der Waals surface area contributed by atoms with Gasteiger partial charge in [0.2, 0.25) is 0 Å². The number of rotatable bonds is 5. The fraction of sp³-hybridized carbons (Fsp3) is 0. The van der Waals surface area contributed by atoms with Gasteiger partial charge < -0.3 is 17.8 Å². The minimum atomic E-state index is 0.535. The van der Waals surface area contributed by atoms with Crippen LogP contribution in [0.4, 0.5) is 0 Å². The lowest BCUT2D eigenvalue weighted by molar-refractivity contribution is 0.668. The molecule has 0 bridgehead atoms. The van der Waals surface area contributed by atoms with Crippen molar-refractivity contribution in [1.82, 2.24) is 19.5 Å². The second-order valence-electron chi connectivity index (χ2n) is 16.3. The number of hydrogen-bond acceptors (Lipinski definition) is 6. The third-order valence-corrected chi connectivity index (χ3v) is 12.7. The lowest BCUT2D eigenvalue weighted by atomic mass is 10.0. The van der Waals surface area contributed by atoms with Gasteiger partial charge in [0.25, 0.3) is 0 Å². The second-order valence-corrected chi connectivity index (χ2v) is 16.3. The topological polar surface area (TPSA) is 83.0 Å². The van der Waals surface area contributed by atoms with Gasteiger partial charge in [0, 0.05) is 59.9 Å². The standard InChI is InChI=1S/C57H32N4O3/c1-3-12-33(13-4-1)55-58-56(60-57(59-55)46-19-11-18-44-39-16-7-9-20-48(39)63-53(44)46)36-24-27-42-41-26-23-35(31-50(41)62-51(42)32-36)34-22-25-38-43-28-29-45-40-17-8-10-21-49(40)64-54(45)52(43)61(47(38)30-34)37-14-5-2-6-15-37/h1-32H. The Kier molecular flexibility index (Phi) is 7.27. The van der Waals surface area contributed by atoms with E-state index in [1.165, 1.54) is 0 Å². The molecule has 0 aliphatic rings. The predicted molar refractivity (Wildman–Crippen MR) is 258 cm³/mol. The van der Waals surface area contributed by atoms with Crippen molar-refractivity contribution in [3.8, 4) is 51.0 Å². The Balaban J connectivity index is 0.902. The van der Waals surface area contributed by atoms with Crippen LogP contribution in [-0.4, -0.2) is 19.5 Å². The Hall–Kier alpha value is -8.81. The summed E-state index contributed by atoms with van der Waals surface area (Å²) in [5.41, 5.74) is 12.8. The number of benzene rings is 9. The van der Waals surface area contributed by atoms with Gasteiger partial charge in [-0.05, 0) is 77.9 Å². The minimum Gasteiger partial charge on any atom is -0.456 e. The molecule has 7 heteroatoms. The first-order chi connectivity index (χ1) is 31.7. The molecular formula is C57H32N4O3. The number of fused-ring (bicyclic) bond motifs is 13. The summed E-state index contributed by atoms with van der Waals surface area (Å²) in [5, 5.41) is 8.65. The van der Waals surface area contributed by atoms with E-state index >= 15 is 0 Å². The summed E-state index contributed by atoms with van der Waals surface area (Å²) in [6.45, 7) is 0. The van der Waals surface area contributed by atoms with Gasteiger partial charge in [0.1, 0.15) is 27.9 Å². The zero-order valence-corrected chi connectivity index (χ0v) is 34.0. The molecular weight excluding hydrogens is 789 g/mol. The molecule has 14 rings (SSSR count). The van der Waals surface area contributed by atoms with E-state index in [-0.39, 0.29) is 0 Å². The summed E-state index contributed by atoms with van der Waals surface area (Å²) in [5.74, 6) is 1.66. The SMILES string of the molecule is c1ccc(-c2nc(-c3ccc4c(c3)oc3cc(-c5ccc6c7ccc8c9ccccc9oc8c7n(-c7ccccc7)c6c5)ccc34)nc(-c3cccc4c3oc3ccccc34)n2)cc1. The van der Waals surface area contributed by atoms with Crippen LogP contribution in [0.25, 0.3) is 139 Å². The molecule has 0 fully saturated rings. The van der Waals surface area contributed by atoms with Gasteiger partial charge in [0.15, 0.2) is 23.1 Å². The average molecular weight is 821 g/mol. The molecule has 5 heterocycles. The highest BCUT2D eigenvalue weighted by molar-refractivity contribution is 6.22. The lowest BCUT2D eigenvalue weighted by Crippen LogP contribution is -2.00. The Morgan fingerprint density at radius 2 is 0.828 bits per heavy atom. The summed E-state index contributed by atoms with van der Waals surface area (Å²) in [6.07, 6.45) is 0. The van der Waals surface area contributed by atoms with Gasteiger partial charge in [-0.15, -0.1) is 0 Å². The van der Waals surface area contributed by atoms with Crippen LogP contribution in [0.5, 0.6) is 0 Å². The first-order valence-corrected chi connectivity index (χ1v) is 21.3. The molecule has 9 aromatic carbocycles. The fourth-order valence-corrected chi connectivity index (χ4v) is 9.66. The van der Waals surface area contributed by atoms with Crippen molar-refractivity contribution in [3.63, 3.8) is 0 Å². The number of nitrogens with zero attached hydrogens (tertiary/aromatic N) is 4. The van der Waals surface area contributed by atoms with E-state index in [0.29, 0.717) is 17.5 Å². The zero-order valence-electron chi connectivity index (χ0n) is 34.0. The predicted octanol–water partition coefficient (Wildman–Crippen LogP) is 15.3. The Morgan fingerprint density at radius 1 is 0.312 bits per heavy atom. The van der Waals surface area contributed by atoms with Crippen molar-refractivity contribution in [1.29, 1.82) is 0 Å². The number of para-hydroxylation sites is 4. The average Bonchev–Trinajstić information content (AvgIpc) is 4.12. The normalized spacial score (nSPS) is 12.1. The van der Waals surface area contributed by atoms with Gasteiger partial charge in [-0.1, -0.05) is 127 Å².